The molecule has 7 heteroatoms. The number of carbonyl (C=O) groups is 3. The number of urea groups is 1. The topological polar surface area (TPSA) is 82.9 Å². The van der Waals surface area contributed by atoms with Gasteiger partial charge in [0.2, 0.25) is 11.8 Å². The second-order valence-corrected chi connectivity index (χ2v) is 6.26. The summed E-state index contributed by atoms with van der Waals surface area (Å²) in [5.41, 5.74) is 1.28. The van der Waals surface area contributed by atoms with Crippen LogP contribution in [0.5, 0.6) is 0 Å². The molecule has 0 aliphatic carbocycles. The monoisotopic (exact) mass is 355 g/mol. The Labute approximate surface area is 151 Å². The first-order valence-electron chi connectivity index (χ1n) is 8.45. The molecule has 4 amide bonds. The number of anilines is 1. The number of nitrogens with zero attached hydrogens (tertiary/aromatic N) is 2. The predicted molar refractivity (Wildman–Crippen MR) is 95.1 cm³/mol. The van der Waals surface area contributed by atoms with Gasteiger partial charge in [-0.3, -0.25) is 14.5 Å². The van der Waals surface area contributed by atoms with Crippen LogP contribution in [0.15, 0.2) is 47.1 Å². The Balaban J connectivity index is 1.72. The maximum Gasteiger partial charge on any atom is 0.322 e. The van der Waals surface area contributed by atoms with E-state index in [0.29, 0.717) is 17.0 Å². The SMILES string of the molecule is CC(c1ccco1)N(C)C(=O)Nc1ccccc1CN1C(=O)CCC1=O. The van der Waals surface area contributed by atoms with E-state index in [-0.39, 0.29) is 43.3 Å². The Bertz CT molecular complexity index is 800. The van der Waals surface area contributed by atoms with Gasteiger partial charge in [0, 0.05) is 25.6 Å². The summed E-state index contributed by atoms with van der Waals surface area (Å²) >= 11 is 0. The minimum Gasteiger partial charge on any atom is -0.467 e. The zero-order chi connectivity index (χ0) is 18.7. The van der Waals surface area contributed by atoms with Crippen LogP contribution in [-0.4, -0.2) is 34.7 Å². The minimum absolute atomic E-state index is 0.158. The quantitative estimate of drug-likeness (QED) is 0.835. The highest BCUT2D eigenvalue weighted by molar-refractivity contribution is 6.02. The van der Waals surface area contributed by atoms with Crippen molar-refractivity contribution in [2.24, 2.45) is 0 Å². The highest BCUT2D eigenvalue weighted by atomic mass is 16.3. The molecule has 1 aliphatic heterocycles. The normalized spacial score (nSPS) is 15.2. The summed E-state index contributed by atoms with van der Waals surface area (Å²) in [7, 11) is 1.68. The van der Waals surface area contributed by atoms with E-state index in [9.17, 15) is 14.4 Å². The number of imide groups is 1. The standard InChI is InChI=1S/C19H21N3O4/c1-13(16-8-5-11-26-16)21(2)19(25)20-15-7-4-3-6-14(15)12-22-17(23)9-10-18(22)24/h3-8,11,13H,9-10,12H2,1-2H3,(H,20,25). The predicted octanol–water partition coefficient (Wildman–Crippen LogP) is 3.15. The van der Waals surface area contributed by atoms with Crippen LogP contribution in [0.3, 0.4) is 0 Å². The largest absolute Gasteiger partial charge is 0.467 e. The van der Waals surface area contributed by atoms with Gasteiger partial charge in [-0.15, -0.1) is 0 Å². The number of hydrogen-bond donors (Lipinski definition) is 1. The van der Waals surface area contributed by atoms with E-state index in [1.807, 2.05) is 19.1 Å². The second kappa shape index (κ2) is 7.43. The molecule has 1 aromatic carbocycles. The van der Waals surface area contributed by atoms with Crippen LogP contribution in [0.25, 0.3) is 0 Å². The van der Waals surface area contributed by atoms with Crippen molar-refractivity contribution in [2.45, 2.75) is 32.4 Å². The first kappa shape index (κ1) is 17.7. The van der Waals surface area contributed by atoms with E-state index in [2.05, 4.69) is 5.32 Å². The lowest BCUT2D eigenvalue weighted by atomic mass is 10.1. The van der Waals surface area contributed by atoms with Gasteiger partial charge in [0.05, 0.1) is 18.8 Å². The van der Waals surface area contributed by atoms with Gasteiger partial charge in [0.15, 0.2) is 0 Å². The van der Waals surface area contributed by atoms with Crippen molar-refractivity contribution in [1.29, 1.82) is 0 Å². The lowest BCUT2D eigenvalue weighted by molar-refractivity contribution is -0.139. The average molecular weight is 355 g/mol. The molecular weight excluding hydrogens is 334 g/mol. The van der Waals surface area contributed by atoms with Crippen LogP contribution in [0.1, 0.15) is 37.1 Å². The molecule has 1 aliphatic rings. The van der Waals surface area contributed by atoms with Crippen LogP contribution >= 0.6 is 0 Å². The third-order valence-electron chi connectivity index (χ3n) is 4.60. The van der Waals surface area contributed by atoms with Crippen molar-refractivity contribution in [3.05, 3.63) is 54.0 Å². The molecule has 0 radical (unpaired) electrons. The Kier molecular flexibility index (Phi) is 5.06. The summed E-state index contributed by atoms with van der Waals surface area (Å²) in [5, 5.41) is 2.85. The van der Waals surface area contributed by atoms with Crippen molar-refractivity contribution >= 4 is 23.5 Å². The third kappa shape index (κ3) is 3.61. The van der Waals surface area contributed by atoms with Crippen LogP contribution in [0, 0.1) is 0 Å². The molecule has 1 atom stereocenters. The van der Waals surface area contributed by atoms with Crippen LogP contribution in [0.2, 0.25) is 0 Å². The molecular formula is C19H21N3O4. The molecule has 136 valence electrons. The number of benzene rings is 1. The van der Waals surface area contributed by atoms with Gasteiger partial charge in [0.25, 0.3) is 0 Å². The number of hydrogen-bond acceptors (Lipinski definition) is 4. The fourth-order valence-electron chi connectivity index (χ4n) is 2.85. The summed E-state index contributed by atoms with van der Waals surface area (Å²) < 4.78 is 5.35. The Morgan fingerprint density at radius 1 is 1.19 bits per heavy atom. The van der Waals surface area contributed by atoms with Gasteiger partial charge in [-0.1, -0.05) is 18.2 Å². The average Bonchev–Trinajstić information content (AvgIpc) is 3.27. The van der Waals surface area contributed by atoms with Crippen molar-refractivity contribution in [2.75, 3.05) is 12.4 Å². The molecule has 1 N–H and O–H groups in total. The molecule has 26 heavy (non-hydrogen) atoms. The summed E-state index contributed by atoms with van der Waals surface area (Å²) in [4.78, 5) is 39.1. The number of nitrogens with one attached hydrogen (secondary N) is 1. The summed E-state index contributed by atoms with van der Waals surface area (Å²) in [5.74, 6) is 0.323. The highest BCUT2D eigenvalue weighted by Gasteiger charge is 2.29. The molecule has 1 saturated heterocycles. The van der Waals surface area contributed by atoms with E-state index in [1.165, 1.54) is 9.80 Å². The van der Waals surface area contributed by atoms with Gasteiger partial charge >= 0.3 is 6.03 Å². The lowest BCUT2D eigenvalue weighted by Gasteiger charge is -2.24. The molecule has 0 spiro atoms. The van der Waals surface area contributed by atoms with Gasteiger partial charge < -0.3 is 14.6 Å². The smallest absolute Gasteiger partial charge is 0.322 e. The number of likely N-dealkylation sites (tertiary alicyclic amines) is 1. The van der Waals surface area contributed by atoms with Crippen LogP contribution in [-0.2, 0) is 16.1 Å². The molecule has 1 aromatic heterocycles. The molecule has 2 heterocycles. The maximum atomic E-state index is 12.6. The fraction of sp³-hybridized carbons (Fsp3) is 0.316. The van der Waals surface area contributed by atoms with E-state index in [1.54, 1.807) is 37.6 Å². The molecule has 1 unspecified atom stereocenters. The first-order chi connectivity index (χ1) is 12.5. The lowest BCUT2D eigenvalue weighted by Crippen LogP contribution is -2.34. The van der Waals surface area contributed by atoms with Crippen molar-refractivity contribution in [1.82, 2.24) is 9.80 Å². The third-order valence-corrected chi connectivity index (χ3v) is 4.60. The molecule has 1 fully saturated rings. The first-order valence-corrected chi connectivity index (χ1v) is 8.45. The number of para-hydroxylation sites is 1. The molecule has 0 bridgehead atoms. The zero-order valence-corrected chi connectivity index (χ0v) is 14.8. The van der Waals surface area contributed by atoms with Gasteiger partial charge in [-0.05, 0) is 30.7 Å². The maximum absolute atomic E-state index is 12.6. The van der Waals surface area contributed by atoms with Crippen molar-refractivity contribution in [3.63, 3.8) is 0 Å². The van der Waals surface area contributed by atoms with E-state index in [0.717, 1.165) is 0 Å². The second-order valence-electron chi connectivity index (χ2n) is 6.26. The molecule has 2 aromatic rings. The number of amides is 4. The van der Waals surface area contributed by atoms with Gasteiger partial charge in [-0.2, -0.15) is 0 Å². The van der Waals surface area contributed by atoms with Crippen molar-refractivity contribution < 1.29 is 18.8 Å². The van der Waals surface area contributed by atoms with E-state index >= 15 is 0 Å². The van der Waals surface area contributed by atoms with Crippen LogP contribution < -0.4 is 5.32 Å². The Morgan fingerprint density at radius 3 is 2.54 bits per heavy atom. The van der Waals surface area contributed by atoms with Gasteiger partial charge in [-0.25, -0.2) is 4.79 Å². The van der Waals surface area contributed by atoms with Crippen molar-refractivity contribution in [3.8, 4) is 0 Å². The molecule has 3 rings (SSSR count). The van der Waals surface area contributed by atoms with Crippen LogP contribution in [0.4, 0.5) is 10.5 Å². The number of carbonyl (C=O) groups excluding carboxylic acids is 3. The highest BCUT2D eigenvalue weighted by Crippen LogP contribution is 2.24. The number of furan rings is 1. The Morgan fingerprint density at radius 2 is 1.88 bits per heavy atom. The summed E-state index contributed by atoms with van der Waals surface area (Å²) in [6, 6.07) is 10.2. The zero-order valence-electron chi connectivity index (χ0n) is 14.8. The minimum atomic E-state index is -0.305. The van der Waals surface area contributed by atoms with E-state index < -0.39 is 0 Å². The summed E-state index contributed by atoms with van der Waals surface area (Å²) in [6.07, 6.45) is 2.06. The van der Waals surface area contributed by atoms with E-state index in [4.69, 9.17) is 4.42 Å². The van der Waals surface area contributed by atoms with Gasteiger partial charge in [0.1, 0.15) is 5.76 Å². The molecule has 7 nitrogen and oxygen atoms in total. The fourth-order valence-corrected chi connectivity index (χ4v) is 2.85. The summed E-state index contributed by atoms with van der Waals surface area (Å²) in [6.45, 7) is 2.03. The molecule has 0 saturated carbocycles. The Hall–Kier alpha value is -3.09. The number of rotatable bonds is 5.